The van der Waals surface area contributed by atoms with Gasteiger partial charge in [0.15, 0.2) is 11.0 Å². The van der Waals surface area contributed by atoms with Gasteiger partial charge < -0.3 is 5.32 Å². The highest BCUT2D eigenvalue weighted by atomic mass is 79.9. The molecule has 0 unspecified atom stereocenters. The molecule has 0 saturated heterocycles. The molecular formula is C19H16BrClF2N6O3S. The van der Waals surface area contributed by atoms with Crippen LogP contribution < -0.4 is 10.0 Å². The van der Waals surface area contributed by atoms with Gasteiger partial charge in [0.05, 0.1) is 15.1 Å². The normalized spacial score (nSPS) is 13.8. The predicted octanol–water partition coefficient (Wildman–Crippen LogP) is 4.34. The number of nitrogens with zero attached hydrogens (tertiary/aromatic N) is 4. The van der Waals surface area contributed by atoms with Gasteiger partial charge in [-0.15, -0.1) is 10.2 Å². The van der Waals surface area contributed by atoms with Crippen molar-refractivity contribution < 1.29 is 22.0 Å². The van der Waals surface area contributed by atoms with E-state index in [0.29, 0.717) is 11.4 Å². The number of anilines is 2. The molecule has 1 aromatic carbocycles. The monoisotopic (exact) mass is 560 g/mol. The lowest BCUT2D eigenvalue weighted by Gasteiger charge is -2.10. The smallest absolute Gasteiger partial charge is 0.283 e. The Morgan fingerprint density at radius 2 is 1.88 bits per heavy atom. The standard InChI is InChI=1S/C19H16BrClF2N6O3S/c20-16-17(19(22)23)27-29(18(16)10-1-2-10)9-15(30)24-11-3-5-12(6-4-11)33(31,32)28-14-8-7-13(21)25-26-14/h3-8,10,19H,1-2,9H2,(H,24,30)(H,26,28). The fourth-order valence-corrected chi connectivity index (χ4v) is 4.98. The maximum atomic E-state index is 13.2. The fourth-order valence-electron chi connectivity index (χ4n) is 3.10. The highest BCUT2D eigenvalue weighted by Crippen LogP contribution is 2.45. The zero-order valence-corrected chi connectivity index (χ0v) is 19.8. The van der Waals surface area contributed by atoms with E-state index in [0.717, 1.165) is 12.8 Å². The van der Waals surface area contributed by atoms with Crippen LogP contribution in [0.4, 0.5) is 20.3 Å². The first-order valence-electron chi connectivity index (χ1n) is 9.60. The molecule has 0 bridgehead atoms. The third-order valence-electron chi connectivity index (χ3n) is 4.74. The minimum absolute atomic E-state index is 0.00297. The van der Waals surface area contributed by atoms with Gasteiger partial charge in [0.1, 0.15) is 12.2 Å². The molecule has 2 N–H and O–H groups in total. The molecule has 1 aliphatic rings. The molecule has 2 heterocycles. The number of carbonyl (C=O) groups is 1. The van der Waals surface area contributed by atoms with Gasteiger partial charge in [-0.25, -0.2) is 17.2 Å². The summed E-state index contributed by atoms with van der Waals surface area (Å²) in [5.41, 5.74) is 0.522. The van der Waals surface area contributed by atoms with E-state index in [1.165, 1.54) is 41.1 Å². The van der Waals surface area contributed by atoms with E-state index in [1.54, 1.807) is 0 Å². The second-order valence-corrected chi connectivity index (χ2v) is 10.1. The third-order valence-corrected chi connectivity index (χ3v) is 7.12. The van der Waals surface area contributed by atoms with Crippen LogP contribution >= 0.6 is 27.5 Å². The number of aromatic nitrogens is 4. The van der Waals surface area contributed by atoms with Crippen LogP contribution in [0, 0.1) is 0 Å². The lowest BCUT2D eigenvalue weighted by Crippen LogP contribution is -2.21. The Hall–Kier alpha value is -2.64. The molecule has 0 aliphatic heterocycles. The van der Waals surface area contributed by atoms with Crippen molar-refractivity contribution in [2.75, 3.05) is 10.0 Å². The molecule has 174 valence electrons. The lowest BCUT2D eigenvalue weighted by atomic mass is 10.2. The first-order chi connectivity index (χ1) is 15.6. The number of nitrogens with one attached hydrogen (secondary N) is 2. The number of sulfonamides is 1. The summed E-state index contributed by atoms with van der Waals surface area (Å²) in [5.74, 6) is -0.399. The van der Waals surface area contributed by atoms with E-state index in [-0.39, 0.29) is 32.8 Å². The van der Waals surface area contributed by atoms with E-state index in [4.69, 9.17) is 11.6 Å². The molecule has 14 heteroatoms. The van der Waals surface area contributed by atoms with Gasteiger partial charge in [0, 0.05) is 11.6 Å². The Bertz CT molecular complexity index is 1280. The summed E-state index contributed by atoms with van der Waals surface area (Å²) in [7, 11) is -3.94. The summed E-state index contributed by atoms with van der Waals surface area (Å²) in [6.45, 7) is -0.256. The van der Waals surface area contributed by atoms with E-state index in [2.05, 4.69) is 41.3 Å². The topological polar surface area (TPSA) is 119 Å². The molecule has 0 atom stereocenters. The average molecular weight is 562 g/mol. The van der Waals surface area contributed by atoms with Crippen LogP contribution in [-0.4, -0.2) is 34.3 Å². The Balaban J connectivity index is 1.43. The molecule has 3 aromatic rings. The van der Waals surface area contributed by atoms with Gasteiger partial charge in [-0.05, 0) is 65.2 Å². The summed E-state index contributed by atoms with van der Waals surface area (Å²) >= 11 is 8.81. The molecule has 33 heavy (non-hydrogen) atoms. The van der Waals surface area contributed by atoms with Crippen LogP contribution in [0.5, 0.6) is 0 Å². The van der Waals surface area contributed by atoms with Crippen molar-refractivity contribution in [1.82, 2.24) is 20.0 Å². The Kier molecular flexibility index (Phi) is 6.64. The van der Waals surface area contributed by atoms with Crippen LogP contribution in [0.25, 0.3) is 0 Å². The van der Waals surface area contributed by atoms with Gasteiger partial charge in [0.25, 0.3) is 16.4 Å². The van der Waals surface area contributed by atoms with Crippen LogP contribution in [0.1, 0.15) is 36.6 Å². The highest BCUT2D eigenvalue weighted by molar-refractivity contribution is 9.10. The number of amides is 1. The minimum atomic E-state index is -3.94. The molecule has 0 spiro atoms. The molecular weight excluding hydrogens is 546 g/mol. The third kappa shape index (κ3) is 5.47. The van der Waals surface area contributed by atoms with Crippen molar-refractivity contribution in [2.45, 2.75) is 36.6 Å². The molecule has 2 aromatic heterocycles. The highest BCUT2D eigenvalue weighted by Gasteiger charge is 2.34. The van der Waals surface area contributed by atoms with Crippen molar-refractivity contribution in [2.24, 2.45) is 0 Å². The SMILES string of the molecule is O=C(Cn1nc(C(F)F)c(Br)c1C1CC1)Nc1ccc(S(=O)(=O)Nc2ccc(Cl)nn2)cc1. The lowest BCUT2D eigenvalue weighted by molar-refractivity contribution is -0.117. The quantitative estimate of drug-likeness (QED) is 0.422. The molecule has 0 radical (unpaired) electrons. The largest absolute Gasteiger partial charge is 0.324 e. The van der Waals surface area contributed by atoms with Gasteiger partial charge in [-0.2, -0.15) is 5.10 Å². The number of carbonyl (C=O) groups excluding carboxylic acids is 1. The van der Waals surface area contributed by atoms with Gasteiger partial charge in [-0.3, -0.25) is 14.2 Å². The molecule has 1 fully saturated rings. The first kappa shape index (κ1) is 23.5. The van der Waals surface area contributed by atoms with E-state index < -0.39 is 28.0 Å². The number of benzene rings is 1. The van der Waals surface area contributed by atoms with Gasteiger partial charge in [0.2, 0.25) is 5.91 Å². The van der Waals surface area contributed by atoms with Gasteiger partial charge >= 0.3 is 0 Å². The summed E-state index contributed by atoms with van der Waals surface area (Å²) in [5, 5.41) is 13.8. The molecule has 1 amide bonds. The average Bonchev–Trinajstić information content (AvgIpc) is 3.53. The van der Waals surface area contributed by atoms with Crippen LogP contribution in [-0.2, 0) is 21.4 Å². The van der Waals surface area contributed by atoms with E-state index in [9.17, 15) is 22.0 Å². The van der Waals surface area contributed by atoms with Crippen LogP contribution in [0.2, 0.25) is 5.15 Å². The summed E-state index contributed by atoms with van der Waals surface area (Å²) in [6, 6.07) is 8.18. The Morgan fingerprint density at radius 1 is 1.18 bits per heavy atom. The zero-order valence-electron chi connectivity index (χ0n) is 16.7. The number of hydrogen-bond acceptors (Lipinski definition) is 6. The second-order valence-electron chi connectivity index (χ2n) is 7.24. The fraction of sp³-hybridized carbons (Fsp3) is 0.263. The van der Waals surface area contributed by atoms with Crippen molar-refractivity contribution in [3.05, 3.63) is 57.4 Å². The first-order valence-corrected chi connectivity index (χ1v) is 12.3. The zero-order chi connectivity index (χ0) is 23.8. The Labute approximate surface area is 200 Å². The molecule has 1 aliphatic carbocycles. The molecule has 4 rings (SSSR count). The van der Waals surface area contributed by atoms with Crippen molar-refractivity contribution in [1.29, 1.82) is 0 Å². The van der Waals surface area contributed by atoms with E-state index >= 15 is 0 Å². The maximum absolute atomic E-state index is 13.2. The molecule has 9 nitrogen and oxygen atoms in total. The van der Waals surface area contributed by atoms with Crippen LogP contribution in [0.3, 0.4) is 0 Å². The number of hydrogen-bond donors (Lipinski definition) is 2. The number of alkyl halides is 2. The van der Waals surface area contributed by atoms with E-state index in [1.807, 2.05) is 0 Å². The number of rotatable bonds is 8. The van der Waals surface area contributed by atoms with Crippen molar-refractivity contribution in [3.63, 3.8) is 0 Å². The summed E-state index contributed by atoms with van der Waals surface area (Å²) in [6.07, 6.45) is -1.07. The second kappa shape index (κ2) is 9.31. The van der Waals surface area contributed by atoms with Crippen LogP contribution in [0.15, 0.2) is 45.8 Å². The predicted molar refractivity (Wildman–Crippen MR) is 120 cm³/mol. The van der Waals surface area contributed by atoms with Crippen molar-refractivity contribution in [3.8, 4) is 0 Å². The molecule has 1 saturated carbocycles. The van der Waals surface area contributed by atoms with Gasteiger partial charge in [-0.1, -0.05) is 11.6 Å². The summed E-state index contributed by atoms with van der Waals surface area (Å²) in [4.78, 5) is 12.4. The van der Waals surface area contributed by atoms with Crippen molar-refractivity contribution >= 4 is 55.0 Å². The minimum Gasteiger partial charge on any atom is -0.324 e. The maximum Gasteiger partial charge on any atom is 0.283 e. The number of halogens is 4. The Morgan fingerprint density at radius 3 is 2.45 bits per heavy atom. The summed E-state index contributed by atoms with van der Waals surface area (Å²) < 4.78 is 55.2.